The van der Waals surface area contributed by atoms with E-state index in [4.69, 9.17) is 10.2 Å². The zero-order valence-electron chi connectivity index (χ0n) is 11.2. The molecular weight excluding hydrogens is 240 g/mol. The summed E-state index contributed by atoms with van der Waals surface area (Å²) in [6.45, 7) is 4.95. The lowest BCUT2D eigenvalue weighted by molar-refractivity contribution is 0.0740. The zero-order valence-corrected chi connectivity index (χ0v) is 11.2. The maximum absolute atomic E-state index is 12.5. The summed E-state index contributed by atoms with van der Waals surface area (Å²) in [5.74, 6) is 0.777. The third-order valence-electron chi connectivity index (χ3n) is 3.08. The molecule has 0 aliphatic rings. The molecule has 4 nitrogen and oxygen atoms in total. The highest BCUT2D eigenvalue weighted by Gasteiger charge is 2.17. The van der Waals surface area contributed by atoms with Crippen molar-refractivity contribution in [2.45, 2.75) is 20.4 Å². The van der Waals surface area contributed by atoms with Crippen LogP contribution in [-0.4, -0.2) is 17.4 Å². The number of amides is 1. The maximum Gasteiger partial charge on any atom is 0.254 e. The second-order valence-electron chi connectivity index (χ2n) is 4.47. The number of carbonyl (C=O) groups excluding carboxylic acids is 1. The third-order valence-corrected chi connectivity index (χ3v) is 3.08. The van der Waals surface area contributed by atoms with Gasteiger partial charge in [-0.25, -0.2) is 0 Å². The molecule has 1 aromatic heterocycles. The largest absolute Gasteiger partial charge is 0.467 e. The number of anilines is 1. The van der Waals surface area contributed by atoms with Crippen LogP contribution in [0.4, 0.5) is 5.69 Å². The Bertz CT molecular complexity index is 562. The Labute approximate surface area is 112 Å². The molecule has 0 aliphatic heterocycles. The van der Waals surface area contributed by atoms with Gasteiger partial charge in [-0.15, -0.1) is 0 Å². The van der Waals surface area contributed by atoms with Gasteiger partial charge in [-0.05, 0) is 49.7 Å². The van der Waals surface area contributed by atoms with Crippen molar-refractivity contribution in [1.29, 1.82) is 0 Å². The molecule has 19 heavy (non-hydrogen) atoms. The molecule has 100 valence electrons. The van der Waals surface area contributed by atoms with Crippen LogP contribution < -0.4 is 5.73 Å². The second kappa shape index (κ2) is 5.61. The monoisotopic (exact) mass is 258 g/mol. The molecule has 0 saturated heterocycles. The summed E-state index contributed by atoms with van der Waals surface area (Å²) >= 11 is 0. The smallest absolute Gasteiger partial charge is 0.254 e. The fourth-order valence-electron chi connectivity index (χ4n) is 2.02. The molecule has 2 rings (SSSR count). The summed E-state index contributed by atoms with van der Waals surface area (Å²) in [5, 5.41) is 0. The van der Waals surface area contributed by atoms with Crippen LogP contribution in [0, 0.1) is 6.92 Å². The van der Waals surface area contributed by atoms with Gasteiger partial charge in [-0.1, -0.05) is 0 Å². The molecule has 0 unspecified atom stereocenters. The first-order valence-corrected chi connectivity index (χ1v) is 6.29. The first-order chi connectivity index (χ1) is 9.11. The fourth-order valence-corrected chi connectivity index (χ4v) is 2.02. The SMILES string of the molecule is CCN(Cc1ccco1)C(=O)c1ccc(N)cc1C. The molecule has 1 heterocycles. The molecule has 0 atom stereocenters. The zero-order chi connectivity index (χ0) is 13.8. The summed E-state index contributed by atoms with van der Waals surface area (Å²) in [6.07, 6.45) is 1.61. The van der Waals surface area contributed by atoms with Crippen LogP contribution in [0.25, 0.3) is 0 Å². The highest BCUT2D eigenvalue weighted by molar-refractivity contribution is 5.96. The van der Waals surface area contributed by atoms with Crippen molar-refractivity contribution in [1.82, 2.24) is 4.90 Å². The van der Waals surface area contributed by atoms with Crippen molar-refractivity contribution in [3.05, 3.63) is 53.5 Å². The van der Waals surface area contributed by atoms with Crippen molar-refractivity contribution in [2.24, 2.45) is 0 Å². The summed E-state index contributed by atoms with van der Waals surface area (Å²) in [5.41, 5.74) is 7.95. The lowest BCUT2D eigenvalue weighted by Gasteiger charge is -2.20. The molecule has 1 aromatic carbocycles. The molecule has 0 spiro atoms. The van der Waals surface area contributed by atoms with Crippen LogP contribution in [-0.2, 0) is 6.54 Å². The van der Waals surface area contributed by atoms with Gasteiger partial charge in [-0.2, -0.15) is 0 Å². The average Bonchev–Trinajstić information content (AvgIpc) is 2.88. The first kappa shape index (κ1) is 13.2. The highest BCUT2D eigenvalue weighted by Crippen LogP contribution is 2.16. The van der Waals surface area contributed by atoms with Crippen LogP contribution in [0.3, 0.4) is 0 Å². The summed E-state index contributed by atoms with van der Waals surface area (Å²) < 4.78 is 5.29. The Morgan fingerprint density at radius 2 is 2.16 bits per heavy atom. The van der Waals surface area contributed by atoms with E-state index >= 15 is 0 Å². The number of hydrogen-bond donors (Lipinski definition) is 1. The van der Waals surface area contributed by atoms with E-state index in [1.165, 1.54) is 0 Å². The third kappa shape index (κ3) is 2.96. The van der Waals surface area contributed by atoms with Gasteiger partial charge >= 0.3 is 0 Å². The Morgan fingerprint density at radius 3 is 2.74 bits per heavy atom. The quantitative estimate of drug-likeness (QED) is 0.858. The minimum absolute atomic E-state index is 0.00333. The molecule has 1 amide bonds. The number of benzene rings is 1. The summed E-state index contributed by atoms with van der Waals surface area (Å²) in [4.78, 5) is 14.2. The normalized spacial score (nSPS) is 10.4. The van der Waals surface area contributed by atoms with Crippen molar-refractivity contribution in [3.63, 3.8) is 0 Å². The van der Waals surface area contributed by atoms with Crippen LogP contribution >= 0.6 is 0 Å². The Hall–Kier alpha value is -2.23. The standard InChI is InChI=1S/C15H18N2O2/c1-3-17(10-13-5-4-8-19-13)15(18)14-7-6-12(16)9-11(14)2/h4-9H,3,10,16H2,1-2H3. The van der Waals surface area contributed by atoms with Gasteiger partial charge in [-0.3, -0.25) is 4.79 Å². The van der Waals surface area contributed by atoms with Crippen molar-refractivity contribution in [3.8, 4) is 0 Å². The van der Waals surface area contributed by atoms with Crippen LogP contribution in [0.1, 0.15) is 28.6 Å². The molecule has 0 fully saturated rings. The van der Waals surface area contributed by atoms with Gasteiger partial charge in [0.25, 0.3) is 5.91 Å². The lowest BCUT2D eigenvalue weighted by Crippen LogP contribution is -2.30. The van der Waals surface area contributed by atoms with E-state index in [9.17, 15) is 4.79 Å². The number of furan rings is 1. The van der Waals surface area contributed by atoms with E-state index < -0.39 is 0 Å². The minimum atomic E-state index is -0.00333. The Balaban J connectivity index is 2.20. The predicted molar refractivity (Wildman–Crippen MR) is 74.7 cm³/mol. The number of carbonyl (C=O) groups is 1. The van der Waals surface area contributed by atoms with E-state index in [1.807, 2.05) is 32.0 Å². The lowest BCUT2D eigenvalue weighted by atomic mass is 10.1. The Kier molecular flexibility index (Phi) is 3.90. The van der Waals surface area contributed by atoms with Gasteiger partial charge in [0.1, 0.15) is 5.76 Å². The average molecular weight is 258 g/mol. The van der Waals surface area contributed by atoms with Gasteiger partial charge < -0.3 is 15.1 Å². The van der Waals surface area contributed by atoms with E-state index in [0.717, 1.165) is 11.3 Å². The van der Waals surface area contributed by atoms with Gasteiger partial charge in [0.2, 0.25) is 0 Å². The number of aryl methyl sites for hydroxylation is 1. The molecule has 0 radical (unpaired) electrons. The second-order valence-corrected chi connectivity index (χ2v) is 4.47. The number of hydrogen-bond acceptors (Lipinski definition) is 3. The van der Waals surface area contributed by atoms with E-state index in [-0.39, 0.29) is 5.91 Å². The molecule has 2 aromatic rings. The number of nitrogens with two attached hydrogens (primary N) is 1. The van der Waals surface area contributed by atoms with Crippen molar-refractivity contribution < 1.29 is 9.21 Å². The van der Waals surface area contributed by atoms with Crippen LogP contribution in [0.15, 0.2) is 41.0 Å². The minimum Gasteiger partial charge on any atom is -0.467 e. The van der Waals surface area contributed by atoms with Gasteiger partial charge in [0, 0.05) is 17.8 Å². The molecule has 0 bridgehead atoms. The topological polar surface area (TPSA) is 59.5 Å². The highest BCUT2D eigenvalue weighted by atomic mass is 16.3. The fraction of sp³-hybridized carbons (Fsp3) is 0.267. The van der Waals surface area contributed by atoms with Crippen molar-refractivity contribution >= 4 is 11.6 Å². The number of rotatable bonds is 4. The molecule has 0 saturated carbocycles. The van der Waals surface area contributed by atoms with E-state index in [2.05, 4.69) is 0 Å². The molecule has 2 N–H and O–H groups in total. The van der Waals surface area contributed by atoms with Crippen LogP contribution in [0.2, 0.25) is 0 Å². The van der Waals surface area contributed by atoms with Crippen LogP contribution in [0.5, 0.6) is 0 Å². The maximum atomic E-state index is 12.5. The Morgan fingerprint density at radius 1 is 1.37 bits per heavy atom. The number of nitrogens with zero attached hydrogens (tertiary/aromatic N) is 1. The first-order valence-electron chi connectivity index (χ1n) is 6.29. The van der Waals surface area contributed by atoms with E-state index in [1.54, 1.807) is 23.3 Å². The van der Waals surface area contributed by atoms with Crippen molar-refractivity contribution in [2.75, 3.05) is 12.3 Å². The van der Waals surface area contributed by atoms with E-state index in [0.29, 0.717) is 24.3 Å². The van der Waals surface area contributed by atoms with Gasteiger partial charge in [0.15, 0.2) is 0 Å². The summed E-state index contributed by atoms with van der Waals surface area (Å²) in [6, 6.07) is 9.03. The molecule has 4 heteroatoms. The molecular formula is C15H18N2O2. The summed E-state index contributed by atoms with van der Waals surface area (Å²) in [7, 11) is 0. The number of nitrogen functional groups attached to an aromatic ring is 1. The predicted octanol–water partition coefficient (Wildman–Crippen LogP) is 2.83. The van der Waals surface area contributed by atoms with Gasteiger partial charge in [0.05, 0.1) is 12.8 Å². The molecule has 0 aliphatic carbocycles.